The zero-order valence-corrected chi connectivity index (χ0v) is 13.2. The smallest absolute Gasteiger partial charge is 0.238 e. The Morgan fingerprint density at radius 3 is 2.39 bits per heavy atom. The SMILES string of the molecule is CCC(Nc1ccc(S(N)(=O)=O)cc1Br)C(C)C. The van der Waals surface area contributed by atoms with Crippen molar-refractivity contribution in [3.63, 3.8) is 0 Å². The van der Waals surface area contributed by atoms with Crippen LogP contribution in [0.3, 0.4) is 0 Å². The third kappa shape index (κ3) is 3.96. The Hall–Kier alpha value is -0.590. The van der Waals surface area contributed by atoms with Gasteiger partial charge in [0.05, 0.1) is 4.90 Å². The van der Waals surface area contributed by atoms with Crippen molar-refractivity contribution in [2.75, 3.05) is 5.32 Å². The fraction of sp³-hybridized carbons (Fsp3) is 0.500. The van der Waals surface area contributed by atoms with Crippen LogP contribution in [0, 0.1) is 5.92 Å². The number of anilines is 1. The molecule has 0 bridgehead atoms. The Kier molecular flexibility index (Phi) is 5.19. The summed E-state index contributed by atoms with van der Waals surface area (Å²) in [6.07, 6.45) is 1.00. The molecule has 1 atom stereocenters. The molecule has 0 heterocycles. The van der Waals surface area contributed by atoms with E-state index < -0.39 is 10.0 Å². The van der Waals surface area contributed by atoms with Gasteiger partial charge in [0.25, 0.3) is 0 Å². The van der Waals surface area contributed by atoms with Gasteiger partial charge in [-0.15, -0.1) is 0 Å². The van der Waals surface area contributed by atoms with E-state index in [4.69, 9.17) is 5.14 Å². The van der Waals surface area contributed by atoms with Gasteiger partial charge in [-0.1, -0.05) is 20.8 Å². The summed E-state index contributed by atoms with van der Waals surface area (Å²) in [4.78, 5) is 0.109. The molecule has 0 saturated heterocycles. The highest BCUT2D eigenvalue weighted by Crippen LogP contribution is 2.27. The fourth-order valence-corrected chi connectivity index (χ4v) is 2.91. The summed E-state index contributed by atoms with van der Waals surface area (Å²) in [5.74, 6) is 0.500. The lowest BCUT2D eigenvalue weighted by molar-refractivity contribution is 0.511. The first-order chi connectivity index (χ1) is 8.25. The zero-order valence-electron chi connectivity index (χ0n) is 10.8. The summed E-state index contributed by atoms with van der Waals surface area (Å²) >= 11 is 3.36. The summed E-state index contributed by atoms with van der Waals surface area (Å²) in [7, 11) is -3.65. The minimum Gasteiger partial charge on any atom is -0.381 e. The van der Waals surface area contributed by atoms with Crippen LogP contribution >= 0.6 is 15.9 Å². The van der Waals surface area contributed by atoms with Gasteiger partial charge in [0.1, 0.15) is 0 Å². The second-order valence-electron chi connectivity index (χ2n) is 4.59. The molecule has 0 aromatic heterocycles. The lowest BCUT2D eigenvalue weighted by Gasteiger charge is -2.22. The quantitative estimate of drug-likeness (QED) is 0.869. The normalized spacial score (nSPS) is 13.7. The van der Waals surface area contributed by atoms with Crippen LogP contribution in [0.25, 0.3) is 0 Å². The molecule has 3 N–H and O–H groups in total. The lowest BCUT2D eigenvalue weighted by Crippen LogP contribution is -2.24. The highest BCUT2D eigenvalue weighted by atomic mass is 79.9. The van der Waals surface area contributed by atoms with Gasteiger partial charge in [-0.05, 0) is 46.5 Å². The number of primary sulfonamides is 1. The molecule has 0 amide bonds. The average Bonchev–Trinajstić information content (AvgIpc) is 2.25. The molecular formula is C12H19BrN2O2S. The second kappa shape index (κ2) is 6.04. The van der Waals surface area contributed by atoms with Crippen LogP contribution in [0.2, 0.25) is 0 Å². The molecule has 4 nitrogen and oxygen atoms in total. The number of halogens is 1. The molecule has 1 rings (SSSR count). The van der Waals surface area contributed by atoms with Gasteiger partial charge in [0.2, 0.25) is 10.0 Å². The van der Waals surface area contributed by atoms with Gasteiger partial charge in [-0.2, -0.15) is 0 Å². The maximum absolute atomic E-state index is 11.2. The average molecular weight is 335 g/mol. The van der Waals surface area contributed by atoms with Crippen molar-refractivity contribution in [1.29, 1.82) is 0 Å². The van der Waals surface area contributed by atoms with E-state index in [1.165, 1.54) is 12.1 Å². The van der Waals surface area contributed by atoms with Crippen LogP contribution in [0.5, 0.6) is 0 Å². The Balaban J connectivity index is 3.00. The van der Waals surface area contributed by atoms with Crippen molar-refractivity contribution in [3.8, 4) is 0 Å². The molecule has 0 spiro atoms. The Labute approximate surface area is 117 Å². The van der Waals surface area contributed by atoms with Crippen LogP contribution < -0.4 is 10.5 Å². The number of nitrogens with one attached hydrogen (secondary N) is 1. The number of sulfonamides is 1. The third-order valence-corrected chi connectivity index (χ3v) is 4.42. The van der Waals surface area contributed by atoms with Gasteiger partial charge >= 0.3 is 0 Å². The minimum atomic E-state index is -3.65. The van der Waals surface area contributed by atoms with E-state index >= 15 is 0 Å². The predicted molar refractivity (Wildman–Crippen MR) is 78.1 cm³/mol. The molecule has 1 unspecified atom stereocenters. The van der Waals surface area contributed by atoms with Gasteiger partial charge in [0, 0.05) is 16.2 Å². The Morgan fingerprint density at radius 1 is 1.39 bits per heavy atom. The maximum Gasteiger partial charge on any atom is 0.238 e. The van der Waals surface area contributed by atoms with Crippen LogP contribution in [-0.4, -0.2) is 14.5 Å². The molecule has 0 aliphatic heterocycles. The molecule has 6 heteroatoms. The molecule has 0 aliphatic carbocycles. The summed E-state index contributed by atoms with van der Waals surface area (Å²) in [6, 6.07) is 5.11. The van der Waals surface area contributed by atoms with E-state index in [0.29, 0.717) is 16.4 Å². The number of benzene rings is 1. The Morgan fingerprint density at radius 2 is 2.00 bits per heavy atom. The molecule has 102 valence electrons. The standard InChI is InChI=1S/C12H19BrN2O2S/c1-4-11(8(2)3)15-12-6-5-9(7-10(12)13)18(14,16)17/h5-8,11,15H,4H2,1-3H3,(H2,14,16,17). The summed E-state index contributed by atoms with van der Waals surface area (Å²) in [6.45, 7) is 6.41. The van der Waals surface area contributed by atoms with Gasteiger partial charge in [0.15, 0.2) is 0 Å². The number of rotatable bonds is 5. The largest absolute Gasteiger partial charge is 0.381 e. The van der Waals surface area contributed by atoms with Crippen LogP contribution in [0.1, 0.15) is 27.2 Å². The summed E-state index contributed by atoms with van der Waals surface area (Å²) in [5.41, 5.74) is 0.878. The predicted octanol–water partition coefficient (Wildman–Crippen LogP) is 2.94. The van der Waals surface area contributed by atoms with Crippen LogP contribution in [0.4, 0.5) is 5.69 Å². The van der Waals surface area contributed by atoms with Gasteiger partial charge in [-0.3, -0.25) is 0 Å². The summed E-state index contributed by atoms with van der Waals surface area (Å²) in [5, 5.41) is 8.47. The molecule has 0 radical (unpaired) electrons. The monoisotopic (exact) mass is 334 g/mol. The van der Waals surface area contributed by atoms with Crippen molar-refractivity contribution in [2.24, 2.45) is 11.1 Å². The molecule has 0 saturated carbocycles. The van der Waals surface area contributed by atoms with E-state index in [0.717, 1.165) is 12.1 Å². The molecule has 1 aromatic rings. The third-order valence-electron chi connectivity index (χ3n) is 2.85. The molecule has 18 heavy (non-hydrogen) atoms. The highest BCUT2D eigenvalue weighted by Gasteiger charge is 2.14. The van der Waals surface area contributed by atoms with E-state index in [1.54, 1.807) is 6.07 Å². The Bertz CT molecular complexity index is 515. The highest BCUT2D eigenvalue weighted by molar-refractivity contribution is 9.10. The van der Waals surface area contributed by atoms with Crippen molar-refractivity contribution in [1.82, 2.24) is 0 Å². The van der Waals surface area contributed by atoms with E-state index in [2.05, 4.69) is 42.0 Å². The molecule has 1 aromatic carbocycles. The second-order valence-corrected chi connectivity index (χ2v) is 7.01. The minimum absolute atomic E-state index is 0.109. The maximum atomic E-state index is 11.2. The zero-order chi connectivity index (χ0) is 13.9. The number of nitrogens with two attached hydrogens (primary N) is 1. The van der Waals surface area contributed by atoms with Crippen molar-refractivity contribution in [2.45, 2.75) is 38.1 Å². The van der Waals surface area contributed by atoms with Crippen LogP contribution in [-0.2, 0) is 10.0 Å². The first-order valence-corrected chi connectivity index (χ1v) is 8.18. The van der Waals surface area contributed by atoms with E-state index in [9.17, 15) is 8.42 Å². The first kappa shape index (κ1) is 15.5. The number of hydrogen-bond donors (Lipinski definition) is 2. The van der Waals surface area contributed by atoms with Crippen molar-refractivity contribution < 1.29 is 8.42 Å². The van der Waals surface area contributed by atoms with E-state index in [-0.39, 0.29) is 4.90 Å². The van der Waals surface area contributed by atoms with E-state index in [1.807, 2.05) is 0 Å². The van der Waals surface area contributed by atoms with Crippen molar-refractivity contribution in [3.05, 3.63) is 22.7 Å². The topological polar surface area (TPSA) is 72.2 Å². The fourth-order valence-electron chi connectivity index (χ4n) is 1.73. The first-order valence-electron chi connectivity index (χ1n) is 5.84. The van der Waals surface area contributed by atoms with Gasteiger partial charge < -0.3 is 5.32 Å². The van der Waals surface area contributed by atoms with Crippen molar-refractivity contribution >= 4 is 31.6 Å². The molecule has 0 fully saturated rings. The summed E-state index contributed by atoms with van der Waals surface area (Å²) < 4.78 is 23.1. The molecular weight excluding hydrogens is 316 g/mol. The van der Waals surface area contributed by atoms with Crippen LogP contribution in [0.15, 0.2) is 27.6 Å². The van der Waals surface area contributed by atoms with Gasteiger partial charge in [-0.25, -0.2) is 13.6 Å². The molecule has 0 aliphatic rings. The lowest BCUT2D eigenvalue weighted by atomic mass is 10.0. The number of hydrogen-bond acceptors (Lipinski definition) is 3.